The van der Waals surface area contributed by atoms with E-state index in [-0.39, 0.29) is 12.2 Å². The molecule has 0 saturated carbocycles. The van der Waals surface area contributed by atoms with Crippen LogP contribution in [0.5, 0.6) is 0 Å². The molecule has 1 aromatic heterocycles. The van der Waals surface area contributed by atoms with Crippen molar-refractivity contribution in [2.75, 3.05) is 31.2 Å². The maximum absolute atomic E-state index is 12.5. The SMILES string of the molecule is O=c1nc(N2CCOCC2)oc2c(-c3ccc(CO)cc3)cccc12. The molecular weight excluding hydrogens is 320 g/mol. The van der Waals surface area contributed by atoms with Crippen molar-refractivity contribution >= 4 is 17.0 Å². The molecule has 1 fully saturated rings. The van der Waals surface area contributed by atoms with E-state index in [9.17, 15) is 9.90 Å². The maximum Gasteiger partial charge on any atom is 0.301 e. The number of fused-ring (bicyclic) bond motifs is 1. The van der Waals surface area contributed by atoms with Gasteiger partial charge in [-0.2, -0.15) is 4.98 Å². The molecule has 0 unspecified atom stereocenters. The quantitative estimate of drug-likeness (QED) is 0.789. The normalized spacial score (nSPS) is 14.8. The average Bonchev–Trinajstić information content (AvgIpc) is 2.68. The number of aromatic nitrogens is 1. The number of ether oxygens (including phenoxy) is 1. The molecule has 0 spiro atoms. The molecule has 1 aliphatic rings. The van der Waals surface area contributed by atoms with Crippen LogP contribution in [0, 0.1) is 0 Å². The molecule has 0 radical (unpaired) electrons. The van der Waals surface area contributed by atoms with Crippen LogP contribution < -0.4 is 10.5 Å². The molecule has 0 atom stereocenters. The topological polar surface area (TPSA) is 75.8 Å². The van der Waals surface area contributed by atoms with Crippen molar-refractivity contribution in [1.82, 2.24) is 4.98 Å². The van der Waals surface area contributed by atoms with Crippen LogP contribution in [-0.4, -0.2) is 36.4 Å². The van der Waals surface area contributed by atoms with E-state index in [4.69, 9.17) is 9.15 Å². The Balaban J connectivity index is 1.86. The molecule has 1 N–H and O–H groups in total. The Morgan fingerprint density at radius 2 is 1.84 bits per heavy atom. The fraction of sp³-hybridized carbons (Fsp3) is 0.263. The summed E-state index contributed by atoms with van der Waals surface area (Å²) in [7, 11) is 0. The Morgan fingerprint density at radius 1 is 1.08 bits per heavy atom. The van der Waals surface area contributed by atoms with E-state index < -0.39 is 0 Å². The van der Waals surface area contributed by atoms with Gasteiger partial charge >= 0.3 is 6.01 Å². The Morgan fingerprint density at radius 3 is 2.56 bits per heavy atom. The van der Waals surface area contributed by atoms with Crippen LogP contribution in [0.3, 0.4) is 0 Å². The number of aliphatic hydroxyl groups is 1. The second-order valence-corrected chi connectivity index (χ2v) is 5.94. The Hall–Kier alpha value is -2.70. The summed E-state index contributed by atoms with van der Waals surface area (Å²) in [6.07, 6.45) is 0. The minimum absolute atomic E-state index is 0.00397. The van der Waals surface area contributed by atoms with Crippen LogP contribution in [-0.2, 0) is 11.3 Å². The molecule has 2 aromatic carbocycles. The Kier molecular flexibility index (Phi) is 4.21. The number of benzene rings is 2. The van der Waals surface area contributed by atoms with Gasteiger partial charge in [-0.25, -0.2) is 0 Å². The molecule has 25 heavy (non-hydrogen) atoms. The van der Waals surface area contributed by atoms with Crippen molar-refractivity contribution in [3.8, 4) is 11.1 Å². The fourth-order valence-corrected chi connectivity index (χ4v) is 2.98. The van der Waals surface area contributed by atoms with E-state index in [0.717, 1.165) is 16.7 Å². The van der Waals surface area contributed by atoms with E-state index in [1.54, 1.807) is 6.07 Å². The van der Waals surface area contributed by atoms with Crippen LogP contribution in [0.25, 0.3) is 22.1 Å². The lowest BCUT2D eigenvalue weighted by Gasteiger charge is -2.26. The number of hydrogen-bond acceptors (Lipinski definition) is 6. The minimum Gasteiger partial charge on any atom is -0.424 e. The van der Waals surface area contributed by atoms with Gasteiger partial charge in [0.05, 0.1) is 25.2 Å². The fourth-order valence-electron chi connectivity index (χ4n) is 2.98. The largest absolute Gasteiger partial charge is 0.424 e. The van der Waals surface area contributed by atoms with Crippen LogP contribution in [0.2, 0.25) is 0 Å². The first kappa shape index (κ1) is 15.8. The van der Waals surface area contributed by atoms with Crippen molar-refractivity contribution in [1.29, 1.82) is 0 Å². The summed E-state index contributed by atoms with van der Waals surface area (Å²) in [5, 5.41) is 9.66. The number of anilines is 1. The number of para-hydroxylation sites is 1. The molecule has 1 saturated heterocycles. The first-order chi connectivity index (χ1) is 12.3. The highest BCUT2D eigenvalue weighted by Gasteiger charge is 2.18. The lowest BCUT2D eigenvalue weighted by molar-refractivity contribution is 0.120. The van der Waals surface area contributed by atoms with Gasteiger partial charge in [0.2, 0.25) is 0 Å². The van der Waals surface area contributed by atoms with Gasteiger partial charge in [0, 0.05) is 18.7 Å². The molecule has 0 aliphatic carbocycles. The molecule has 0 bridgehead atoms. The lowest BCUT2D eigenvalue weighted by Crippen LogP contribution is -2.37. The van der Waals surface area contributed by atoms with E-state index in [1.165, 1.54) is 0 Å². The molecular formula is C19H18N2O4. The highest BCUT2D eigenvalue weighted by Crippen LogP contribution is 2.29. The van der Waals surface area contributed by atoms with Crippen LogP contribution in [0.1, 0.15) is 5.56 Å². The predicted molar refractivity (Wildman–Crippen MR) is 94.7 cm³/mol. The molecule has 2 heterocycles. The van der Waals surface area contributed by atoms with E-state index >= 15 is 0 Å². The average molecular weight is 338 g/mol. The van der Waals surface area contributed by atoms with Crippen molar-refractivity contribution in [3.63, 3.8) is 0 Å². The molecule has 6 heteroatoms. The van der Waals surface area contributed by atoms with Gasteiger partial charge < -0.3 is 19.2 Å². The summed E-state index contributed by atoms with van der Waals surface area (Å²) in [6, 6.07) is 13.3. The summed E-state index contributed by atoms with van der Waals surface area (Å²) in [5.41, 5.74) is 2.82. The number of morpholine rings is 1. The first-order valence-electron chi connectivity index (χ1n) is 8.23. The van der Waals surface area contributed by atoms with E-state index in [1.807, 2.05) is 41.3 Å². The summed E-state index contributed by atoms with van der Waals surface area (Å²) < 4.78 is 11.4. The predicted octanol–water partition coefficient (Wildman–Crippen LogP) is 2.18. The molecule has 4 rings (SSSR count). The van der Waals surface area contributed by atoms with Gasteiger partial charge in [-0.1, -0.05) is 36.4 Å². The van der Waals surface area contributed by atoms with Crippen molar-refractivity contribution in [2.45, 2.75) is 6.61 Å². The number of nitrogens with zero attached hydrogens (tertiary/aromatic N) is 2. The second kappa shape index (κ2) is 6.66. The van der Waals surface area contributed by atoms with Crippen molar-refractivity contribution < 1.29 is 14.3 Å². The van der Waals surface area contributed by atoms with Gasteiger partial charge in [-0.15, -0.1) is 0 Å². The summed E-state index contributed by atoms with van der Waals surface area (Å²) in [4.78, 5) is 18.5. The first-order valence-corrected chi connectivity index (χ1v) is 8.23. The van der Waals surface area contributed by atoms with Gasteiger partial charge in [-0.05, 0) is 17.2 Å². The zero-order valence-electron chi connectivity index (χ0n) is 13.6. The zero-order valence-corrected chi connectivity index (χ0v) is 13.6. The monoisotopic (exact) mass is 338 g/mol. The van der Waals surface area contributed by atoms with Crippen LogP contribution in [0.4, 0.5) is 6.01 Å². The van der Waals surface area contributed by atoms with Crippen LogP contribution >= 0.6 is 0 Å². The second-order valence-electron chi connectivity index (χ2n) is 5.94. The van der Waals surface area contributed by atoms with Gasteiger partial charge in [-0.3, -0.25) is 4.79 Å². The highest BCUT2D eigenvalue weighted by molar-refractivity contribution is 5.91. The summed E-state index contributed by atoms with van der Waals surface area (Å²) in [6.45, 7) is 2.47. The Labute approximate surface area is 144 Å². The third kappa shape index (κ3) is 3.01. The lowest BCUT2D eigenvalue weighted by atomic mass is 10.0. The number of hydrogen-bond donors (Lipinski definition) is 1. The standard InChI is InChI=1S/C19H18N2O4/c22-12-13-4-6-14(7-5-13)15-2-1-3-16-17(15)25-19(20-18(16)23)21-8-10-24-11-9-21/h1-7,22H,8-12H2. The smallest absolute Gasteiger partial charge is 0.301 e. The molecule has 0 amide bonds. The van der Waals surface area contributed by atoms with Crippen molar-refractivity contribution in [2.24, 2.45) is 0 Å². The molecule has 3 aromatic rings. The van der Waals surface area contributed by atoms with Gasteiger partial charge in [0.1, 0.15) is 0 Å². The molecule has 128 valence electrons. The summed E-state index contributed by atoms with van der Waals surface area (Å²) >= 11 is 0. The maximum atomic E-state index is 12.5. The Bertz CT molecular complexity index is 944. The number of aliphatic hydroxyl groups excluding tert-OH is 1. The van der Waals surface area contributed by atoms with Gasteiger partial charge in [0.25, 0.3) is 5.56 Å². The van der Waals surface area contributed by atoms with E-state index in [0.29, 0.717) is 43.3 Å². The number of rotatable bonds is 3. The third-order valence-corrected chi connectivity index (χ3v) is 4.37. The minimum atomic E-state index is -0.295. The molecule has 1 aliphatic heterocycles. The third-order valence-electron chi connectivity index (χ3n) is 4.37. The van der Waals surface area contributed by atoms with Gasteiger partial charge in [0.15, 0.2) is 5.58 Å². The van der Waals surface area contributed by atoms with Crippen LogP contribution in [0.15, 0.2) is 51.7 Å². The van der Waals surface area contributed by atoms with Crippen molar-refractivity contribution in [3.05, 3.63) is 58.4 Å². The highest BCUT2D eigenvalue weighted by atomic mass is 16.5. The molecule has 6 nitrogen and oxygen atoms in total. The van der Waals surface area contributed by atoms with E-state index in [2.05, 4.69) is 4.98 Å². The summed E-state index contributed by atoms with van der Waals surface area (Å²) in [5.74, 6) is 0. The zero-order chi connectivity index (χ0) is 17.2.